The van der Waals surface area contributed by atoms with E-state index in [-0.39, 0.29) is 5.56 Å². The average molecular weight is 396 g/mol. The van der Waals surface area contributed by atoms with E-state index in [1.165, 1.54) is 0 Å². The number of aryl methyl sites for hydroxylation is 2. The molecule has 0 amide bonds. The van der Waals surface area contributed by atoms with E-state index in [4.69, 9.17) is 16.7 Å². The fourth-order valence-electron chi connectivity index (χ4n) is 3.36. The summed E-state index contributed by atoms with van der Waals surface area (Å²) in [6.07, 6.45) is 3.50. The fraction of sp³-hybridized carbons (Fsp3) is 0.333. The minimum absolute atomic E-state index is 0.130. The molecule has 0 radical (unpaired) electrons. The summed E-state index contributed by atoms with van der Waals surface area (Å²) < 4.78 is 3.44. The van der Waals surface area contributed by atoms with Crippen LogP contribution < -0.4 is 5.56 Å². The van der Waals surface area contributed by atoms with Crippen LogP contribution in [0.4, 0.5) is 0 Å². The Bertz CT molecular complexity index is 1210. The first kappa shape index (κ1) is 18.6. The fourth-order valence-corrected chi connectivity index (χ4v) is 3.49. The summed E-state index contributed by atoms with van der Waals surface area (Å²) in [6, 6.07) is 9.50. The summed E-state index contributed by atoms with van der Waals surface area (Å²) in [5.74, 6) is 0.524. The van der Waals surface area contributed by atoms with E-state index < -0.39 is 0 Å². The Morgan fingerprint density at radius 2 is 1.86 bits per heavy atom. The number of pyridine rings is 1. The van der Waals surface area contributed by atoms with Gasteiger partial charge in [0.2, 0.25) is 0 Å². The Morgan fingerprint density at radius 3 is 2.54 bits per heavy atom. The molecule has 0 saturated carbocycles. The summed E-state index contributed by atoms with van der Waals surface area (Å²) in [4.78, 5) is 12.9. The highest BCUT2D eigenvalue weighted by atomic mass is 35.5. The summed E-state index contributed by atoms with van der Waals surface area (Å²) in [7, 11) is 0. The van der Waals surface area contributed by atoms with Crippen molar-refractivity contribution in [3.8, 4) is 11.1 Å². The largest absolute Gasteiger partial charge is 0.313 e. The van der Waals surface area contributed by atoms with E-state index in [0.717, 1.165) is 29.7 Å². The number of aromatic nitrogens is 5. The first-order chi connectivity index (χ1) is 13.5. The summed E-state index contributed by atoms with van der Waals surface area (Å²) in [6.45, 7) is 7.00. The van der Waals surface area contributed by atoms with Crippen molar-refractivity contribution >= 4 is 28.3 Å². The molecule has 0 saturated heterocycles. The Balaban J connectivity index is 1.92. The second-order valence-corrected chi connectivity index (χ2v) is 7.78. The minimum atomic E-state index is -0.130. The third-order valence-corrected chi connectivity index (χ3v) is 5.19. The molecule has 6 nitrogen and oxygen atoms in total. The highest BCUT2D eigenvalue weighted by molar-refractivity contribution is 6.30. The predicted octanol–water partition coefficient (Wildman–Crippen LogP) is 4.37. The molecule has 0 N–H and O–H groups in total. The summed E-state index contributed by atoms with van der Waals surface area (Å²) >= 11 is 6.03. The molecule has 0 aliphatic rings. The lowest BCUT2D eigenvalue weighted by molar-refractivity contribution is 0.509. The first-order valence-corrected chi connectivity index (χ1v) is 9.90. The molecule has 4 rings (SSSR count). The smallest absolute Gasteiger partial charge is 0.280 e. The number of nitrogens with zero attached hydrogens (tertiary/aromatic N) is 5. The van der Waals surface area contributed by atoms with Gasteiger partial charge >= 0.3 is 0 Å². The van der Waals surface area contributed by atoms with Crippen molar-refractivity contribution in [1.29, 1.82) is 0 Å². The average Bonchev–Trinajstić information content (AvgIpc) is 3.07. The Hall–Kier alpha value is -2.73. The van der Waals surface area contributed by atoms with E-state index in [1.807, 2.05) is 36.5 Å². The number of rotatable bonds is 5. The number of halogens is 1. The van der Waals surface area contributed by atoms with Gasteiger partial charge in [-0.25, -0.2) is 4.52 Å². The van der Waals surface area contributed by atoms with Gasteiger partial charge in [-0.15, -0.1) is 10.2 Å². The maximum absolute atomic E-state index is 12.9. The maximum Gasteiger partial charge on any atom is 0.280 e. The molecule has 1 aromatic carbocycles. The highest BCUT2D eigenvalue weighted by Crippen LogP contribution is 2.29. The van der Waals surface area contributed by atoms with Gasteiger partial charge in [0.05, 0.1) is 11.3 Å². The van der Waals surface area contributed by atoms with Gasteiger partial charge in [-0.05, 0) is 42.5 Å². The van der Waals surface area contributed by atoms with Gasteiger partial charge in [0.25, 0.3) is 5.56 Å². The third-order valence-electron chi connectivity index (χ3n) is 4.94. The molecule has 4 aromatic rings. The van der Waals surface area contributed by atoms with Crippen LogP contribution in [0, 0.1) is 5.92 Å². The maximum atomic E-state index is 12.9. The van der Waals surface area contributed by atoms with Crippen molar-refractivity contribution in [2.45, 2.75) is 40.2 Å². The first-order valence-electron chi connectivity index (χ1n) is 9.53. The van der Waals surface area contributed by atoms with Crippen molar-refractivity contribution in [2.75, 3.05) is 0 Å². The molecule has 0 fully saturated rings. The second-order valence-electron chi connectivity index (χ2n) is 7.35. The monoisotopic (exact) mass is 395 g/mol. The lowest BCUT2D eigenvalue weighted by atomic mass is 10.0. The highest BCUT2D eigenvalue weighted by Gasteiger charge is 2.18. The number of fused-ring (bicyclic) bond motifs is 3. The van der Waals surface area contributed by atoms with Gasteiger partial charge in [-0.2, -0.15) is 5.10 Å². The SMILES string of the molecule is CCc1nn2c(nnc3c(=O)n(CCC(C)C)ccc32)c1-c1ccc(Cl)cc1. The van der Waals surface area contributed by atoms with Gasteiger partial charge in [-0.3, -0.25) is 4.79 Å². The molecule has 7 heteroatoms. The van der Waals surface area contributed by atoms with Crippen LogP contribution in [0.25, 0.3) is 27.8 Å². The van der Waals surface area contributed by atoms with Gasteiger partial charge in [-0.1, -0.05) is 44.5 Å². The number of hydrogen-bond donors (Lipinski definition) is 0. The van der Waals surface area contributed by atoms with E-state index in [0.29, 0.717) is 34.2 Å². The second kappa shape index (κ2) is 7.36. The van der Waals surface area contributed by atoms with E-state index in [2.05, 4.69) is 31.0 Å². The quantitative estimate of drug-likeness (QED) is 0.503. The lowest BCUT2D eigenvalue weighted by Crippen LogP contribution is -2.22. The van der Waals surface area contributed by atoms with Crippen LogP contribution >= 0.6 is 11.6 Å². The Labute approximate surface area is 167 Å². The van der Waals surface area contributed by atoms with Crippen LogP contribution in [0.2, 0.25) is 5.02 Å². The molecule has 0 atom stereocenters. The summed E-state index contributed by atoms with van der Waals surface area (Å²) in [5, 5.41) is 14.1. The van der Waals surface area contributed by atoms with Crippen molar-refractivity contribution < 1.29 is 0 Å². The molecule has 0 aliphatic heterocycles. The topological polar surface area (TPSA) is 65.1 Å². The van der Waals surface area contributed by atoms with E-state index >= 15 is 0 Å². The van der Waals surface area contributed by atoms with Crippen LogP contribution in [-0.4, -0.2) is 24.4 Å². The zero-order valence-electron chi connectivity index (χ0n) is 16.2. The molecule has 0 unspecified atom stereocenters. The zero-order valence-corrected chi connectivity index (χ0v) is 16.9. The molecule has 0 spiro atoms. The Morgan fingerprint density at radius 1 is 1.11 bits per heavy atom. The van der Waals surface area contributed by atoms with Gasteiger partial charge in [0.15, 0.2) is 11.2 Å². The molecular weight excluding hydrogens is 374 g/mol. The predicted molar refractivity (Wildman–Crippen MR) is 112 cm³/mol. The van der Waals surface area contributed by atoms with Gasteiger partial charge < -0.3 is 4.57 Å². The molecular formula is C21H22ClN5O. The lowest BCUT2D eigenvalue weighted by Gasteiger charge is -2.09. The Kier molecular flexibility index (Phi) is 4.89. The van der Waals surface area contributed by atoms with Crippen LogP contribution in [0.15, 0.2) is 41.3 Å². The van der Waals surface area contributed by atoms with Crippen molar-refractivity contribution in [3.05, 3.63) is 57.6 Å². The standard InChI is InChI=1S/C21H22ClN5O/c1-4-16-18(14-5-7-15(22)8-6-14)20-24-23-19-17(27(20)25-16)10-12-26(21(19)28)11-9-13(2)3/h5-8,10,12-13H,4,9,11H2,1-3H3. The normalized spacial score (nSPS) is 11.8. The molecule has 3 aromatic heterocycles. The van der Waals surface area contributed by atoms with Crippen molar-refractivity contribution in [1.82, 2.24) is 24.4 Å². The molecule has 28 heavy (non-hydrogen) atoms. The van der Waals surface area contributed by atoms with E-state index in [9.17, 15) is 4.79 Å². The molecule has 3 heterocycles. The third kappa shape index (κ3) is 3.18. The van der Waals surface area contributed by atoms with Crippen molar-refractivity contribution in [2.24, 2.45) is 5.92 Å². The van der Waals surface area contributed by atoms with Crippen LogP contribution in [0.3, 0.4) is 0 Å². The van der Waals surface area contributed by atoms with Crippen LogP contribution in [-0.2, 0) is 13.0 Å². The molecule has 0 aliphatic carbocycles. The zero-order chi connectivity index (χ0) is 19.8. The van der Waals surface area contributed by atoms with Crippen LogP contribution in [0.5, 0.6) is 0 Å². The van der Waals surface area contributed by atoms with Gasteiger partial charge in [0.1, 0.15) is 5.52 Å². The number of hydrogen-bond acceptors (Lipinski definition) is 4. The minimum Gasteiger partial charge on any atom is -0.313 e. The van der Waals surface area contributed by atoms with E-state index in [1.54, 1.807) is 9.08 Å². The molecule has 144 valence electrons. The van der Waals surface area contributed by atoms with Crippen molar-refractivity contribution in [3.63, 3.8) is 0 Å². The van der Waals surface area contributed by atoms with Crippen LogP contribution in [0.1, 0.15) is 32.9 Å². The number of benzene rings is 1. The molecule has 0 bridgehead atoms. The summed E-state index contributed by atoms with van der Waals surface area (Å²) in [5.41, 5.74) is 4.35. The van der Waals surface area contributed by atoms with Gasteiger partial charge in [0, 0.05) is 17.8 Å².